The van der Waals surface area contributed by atoms with Gasteiger partial charge in [0.05, 0.1) is 12.6 Å². The molecule has 0 saturated heterocycles. The van der Waals surface area contributed by atoms with E-state index >= 15 is 0 Å². The lowest BCUT2D eigenvalue weighted by Gasteiger charge is -2.27. The molecular weight excluding hydrogens is 256 g/mol. The number of anilines is 1. The molecule has 0 saturated carbocycles. The van der Waals surface area contributed by atoms with Crippen LogP contribution in [0.4, 0.5) is 5.82 Å². The van der Waals surface area contributed by atoms with E-state index in [0.29, 0.717) is 24.7 Å². The molecule has 6 nitrogen and oxygen atoms in total. The molecule has 112 valence electrons. The maximum atomic E-state index is 12.4. The first kappa shape index (κ1) is 16.4. The lowest BCUT2D eigenvalue weighted by molar-refractivity contribution is 0.0572. The van der Waals surface area contributed by atoms with Crippen LogP contribution in [0.3, 0.4) is 0 Å². The molecule has 1 unspecified atom stereocenters. The molecular formula is C14H24N4O2. The summed E-state index contributed by atoms with van der Waals surface area (Å²) in [5.41, 5.74) is 0.358. The minimum atomic E-state index is -0.119. The minimum Gasteiger partial charge on any atom is -0.383 e. The molecule has 0 radical (unpaired) electrons. The molecule has 0 aromatic carbocycles. The monoisotopic (exact) mass is 280 g/mol. The summed E-state index contributed by atoms with van der Waals surface area (Å²) in [6.07, 6.45) is 1.01. The second-order valence-corrected chi connectivity index (χ2v) is 4.63. The predicted molar refractivity (Wildman–Crippen MR) is 78.9 cm³/mol. The summed E-state index contributed by atoms with van der Waals surface area (Å²) >= 11 is 0. The fourth-order valence-corrected chi connectivity index (χ4v) is 1.93. The van der Waals surface area contributed by atoms with Crippen LogP contribution in [-0.4, -0.2) is 53.9 Å². The largest absolute Gasteiger partial charge is 0.383 e. The van der Waals surface area contributed by atoms with Crippen LogP contribution in [0.25, 0.3) is 0 Å². The molecule has 1 atom stereocenters. The Labute approximate surface area is 120 Å². The summed E-state index contributed by atoms with van der Waals surface area (Å²) in [6.45, 7) is 7.93. The molecule has 0 spiro atoms. The number of aromatic nitrogens is 2. The van der Waals surface area contributed by atoms with Gasteiger partial charge in [0.15, 0.2) is 5.69 Å². The zero-order chi connectivity index (χ0) is 15.0. The van der Waals surface area contributed by atoms with Gasteiger partial charge in [-0.3, -0.25) is 4.79 Å². The lowest BCUT2D eigenvalue weighted by atomic mass is 10.2. The van der Waals surface area contributed by atoms with Gasteiger partial charge in [0, 0.05) is 20.2 Å². The van der Waals surface area contributed by atoms with E-state index in [-0.39, 0.29) is 11.9 Å². The Kier molecular flexibility index (Phi) is 6.93. The second kappa shape index (κ2) is 8.47. The quantitative estimate of drug-likeness (QED) is 0.786. The number of ether oxygens (including phenoxy) is 1. The molecule has 1 amide bonds. The van der Waals surface area contributed by atoms with Crippen molar-refractivity contribution in [2.75, 3.05) is 32.1 Å². The van der Waals surface area contributed by atoms with Gasteiger partial charge in [0.25, 0.3) is 5.91 Å². The van der Waals surface area contributed by atoms with Crippen molar-refractivity contribution in [2.45, 2.75) is 33.2 Å². The lowest BCUT2D eigenvalue weighted by Crippen LogP contribution is -2.41. The highest BCUT2D eigenvalue weighted by atomic mass is 16.5. The third-order valence-corrected chi connectivity index (χ3v) is 2.98. The Morgan fingerprint density at radius 3 is 2.65 bits per heavy atom. The van der Waals surface area contributed by atoms with Gasteiger partial charge in [-0.05, 0) is 32.4 Å². The van der Waals surface area contributed by atoms with E-state index in [1.54, 1.807) is 24.1 Å². The van der Waals surface area contributed by atoms with E-state index in [1.165, 1.54) is 0 Å². The summed E-state index contributed by atoms with van der Waals surface area (Å²) in [6, 6.07) is 3.50. The number of nitrogens with zero attached hydrogens (tertiary/aromatic N) is 3. The van der Waals surface area contributed by atoms with E-state index in [0.717, 1.165) is 13.0 Å². The molecule has 6 heteroatoms. The van der Waals surface area contributed by atoms with Crippen LogP contribution < -0.4 is 5.32 Å². The van der Waals surface area contributed by atoms with Crippen molar-refractivity contribution in [2.24, 2.45) is 0 Å². The van der Waals surface area contributed by atoms with E-state index in [9.17, 15) is 4.79 Å². The summed E-state index contributed by atoms with van der Waals surface area (Å²) in [5.74, 6) is 0.572. The fraction of sp³-hybridized carbons (Fsp3) is 0.643. The maximum Gasteiger partial charge on any atom is 0.274 e. The standard InChI is InChI=1S/C14H24N4O2/c1-5-9-15-13-8-7-12(16-17-13)14(19)18(6-2)11(3)10-20-4/h7-8,11H,5-6,9-10H2,1-4H3,(H,15,17). The highest BCUT2D eigenvalue weighted by Gasteiger charge is 2.21. The highest BCUT2D eigenvalue weighted by molar-refractivity contribution is 5.92. The SMILES string of the molecule is CCCNc1ccc(C(=O)N(CC)C(C)COC)nn1. The van der Waals surface area contributed by atoms with E-state index < -0.39 is 0 Å². The van der Waals surface area contributed by atoms with Crippen molar-refractivity contribution in [1.29, 1.82) is 0 Å². The summed E-state index contributed by atoms with van der Waals surface area (Å²) in [5, 5.41) is 11.1. The number of hydrogen-bond acceptors (Lipinski definition) is 5. The van der Waals surface area contributed by atoms with E-state index in [1.807, 2.05) is 13.8 Å². The molecule has 1 heterocycles. The molecule has 0 aliphatic carbocycles. The number of likely N-dealkylation sites (N-methyl/N-ethyl adjacent to an activating group) is 1. The van der Waals surface area contributed by atoms with Gasteiger partial charge in [0.2, 0.25) is 0 Å². The normalized spacial score (nSPS) is 12.0. The number of hydrogen-bond donors (Lipinski definition) is 1. The van der Waals surface area contributed by atoms with Crippen molar-refractivity contribution in [3.05, 3.63) is 17.8 Å². The number of methoxy groups -OCH3 is 1. The molecule has 1 aromatic heterocycles. The highest BCUT2D eigenvalue weighted by Crippen LogP contribution is 2.08. The fourth-order valence-electron chi connectivity index (χ4n) is 1.93. The van der Waals surface area contributed by atoms with E-state index in [4.69, 9.17) is 4.74 Å². The van der Waals surface area contributed by atoms with Crippen molar-refractivity contribution >= 4 is 11.7 Å². The van der Waals surface area contributed by atoms with Gasteiger partial charge in [-0.25, -0.2) is 0 Å². The topological polar surface area (TPSA) is 67.4 Å². The average molecular weight is 280 g/mol. The number of nitrogens with one attached hydrogen (secondary N) is 1. The van der Waals surface area contributed by atoms with Crippen LogP contribution in [0.5, 0.6) is 0 Å². The van der Waals surface area contributed by atoms with Crippen LogP contribution in [0.15, 0.2) is 12.1 Å². The Morgan fingerprint density at radius 2 is 2.15 bits per heavy atom. The molecule has 1 N–H and O–H groups in total. The third-order valence-electron chi connectivity index (χ3n) is 2.98. The zero-order valence-corrected chi connectivity index (χ0v) is 12.7. The number of rotatable bonds is 8. The Hall–Kier alpha value is -1.69. The Balaban J connectivity index is 2.74. The van der Waals surface area contributed by atoms with Crippen LogP contribution >= 0.6 is 0 Å². The maximum absolute atomic E-state index is 12.4. The van der Waals surface area contributed by atoms with Gasteiger partial charge in [0.1, 0.15) is 5.82 Å². The van der Waals surface area contributed by atoms with Gasteiger partial charge >= 0.3 is 0 Å². The van der Waals surface area contributed by atoms with Crippen LogP contribution in [-0.2, 0) is 4.74 Å². The van der Waals surface area contributed by atoms with Gasteiger partial charge in [-0.15, -0.1) is 10.2 Å². The number of carbonyl (C=O) groups excluding carboxylic acids is 1. The number of amides is 1. The van der Waals surface area contributed by atoms with Crippen molar-refractivity contribution in [3.8, 4) is 0 Å². The van der Waals surface area contributed by atoms with Crippen LogP contribution in [0, 0.1) is 0 Å². The Morgan fingerprint density at radius 1 is 1.40 bits per heavy atom. The van der Waals surface area contributed by atoms with Crippen molar-refractivity contribution in [3.63, 3.8) is 0 Å². The molecule has 1 aromatic rings. The van der Waals surface area contributed by atoms with Gasteiger partial charge < -0.3 is 15.0 Å². The molecule has 0 aliphatic heterocycles. The van der Waals surface area contributed by atoms with Gasteiger partial charge in [-0.2, -0.15) is 0 Å². The molecule has 20 heavy (non-hydrogen) atoms. The first-order valence-corrected chi connectivity index (χ1v) is 7.01. The number of carbonyl (C=O) groups is 1. The zero-order valence-electron chi connectivity index (χ0n) is 12.7. The molecule has 0 bridgehead atoms. The predicted octanol–water partition coefficient (Wildman–Crippen LogP) is 1.80. The molecule has 0 fully saturated rings. The van der Waals surface area contributed by atoms with Crippen molar-refractivity contribution < 1.29 is 9.53 Å². The molecule has 0 aliphatic rings. The summed E-state index contributed by atoms with van der Waals surface area (Å²) < 4.78 is 5.10. The average Bonchev–Trinajstić information content (AvgIpc) is 2.46. The van der Waals surface area contributed by atoms with E-state index in [2.05, 4.69) is 22.4 Å². The second-order valence-electron chi connectivity index (χ2n) is 4.63. The smallest absolute Gasteiger partial charge is 0.274 e. The first-order valence-electron chi connectivity index (χ1n) is 7.01. The first-order chi connectivity index (χ1) is 9.63. The van der Waals surface area contributed by atoms with Gasteiger partial charge in [-0.1, -0.05) is 6.92 Å². The Bertz CT molecular complexity index is 408. The van der Waals surface area contributed by atoms with Crippen LogP contribution in [0.2, 0.25) is 0 Å². The molecule has 1 rings (SSSR count). The summed E-state index contributed by atoms with van der Waals surface area (Å²) in [4.78, 5) is 14.1. The minimum absolute atomic E-state index is 0.0113. The summed E-state index contributed by atoms with van der Waals surface area (Å²) in [7, 11) is 1.63. The van der Waals surface area contributed by atoms with Crippen LogP contribution in [0.1, 0.15) is 37.7 Å². The van der Waals surface area contributed by atoms with Crippen molar-refractivity contribution in [1.82, 2.24) is 15.1 Å². The third kappa shape index (κ3) is 4.45.